The highest BCUT2D eigenvalue weighted by molar-refractivity contribution is 5.85. The van der Waals surface area contributed by atoms with Crippen LogP contribution < -0.4 is 5.32 Å². The average molecular weight is 261 g/mol. The van der Waals surface area contributed by atoms with Crippen LogP contribution in [-0.4, -0.2) is 38.0 Å². The number of nitrogens with zero attached hydrogens (tertiary/aromatic N) is 4. The number of hydrogen-bond acceptors (Lipinski definition) is 5. The number of nitrogens with one attached hydrogen (secondary N) is 1. The number of anilines is 1. The molecule has 0 amide bonds. The Morgan fingerprint density at radius 1 is 1.37 bits per heavy atom. The lowest BCUT2D eigenvalue weighted by atomic mass is 9.87. The molecule has 102 valence electrons. The number of aliphatic hydroxyl groups excluding tert-OH is 1. The first-order valence-corrected chi connectivity index (χ1v) is 6.72. The highest BCUT2D eigenvalue weighted by Gasteiger charge is 2.33. The highest BCUT2D eigenvalue weighted by atomic mass is 16.3. The summed E-state index contributed by atoms with van der Waals surface area (Å²) < 4.78 is 1.74. The predicted molar refractivity (Wildman–Crippen MR) is 72.8 cm³/mol. The largest absolute Gasteiger partial charge is 0.396 e. The molecule has 1 aliphatic carbocycles. The zero-order chi connectivity index (χ0) is 13.3. The molecule has 0 saturated heterocycles. The van der Waals surface area contributed by atoms with Gasteiger partial charge in [0.1, 0.15) is 12.1 Å². The van der Waals surface area contributed by atoms with Crippen LogP contribution in [0.3, 0.4) is 0 Å². The van der Waals surface area contributed by atoms with E-state index < -0.39 is 0 Å². The number of aliphatic hydroxyl groups is 1. The van der Waals surface area contributed by atoms with E-state index in [1.165, 1.54) is 12.8 Å². The summed E-state index contributed by atoms with van der Waals surface area (Å²) in [6, 6.07) is 0. The lowest BCUT2D eigenvalue weighted by Crippen LogP contribution is -2.30. The van der Waals surface area contributed by atoms with Crippen molar-refractivity contribution >= 4 is 16.9 Å². The summed E-state index contributed by atoms with van der Waals surface area (Å²) >= 11 is 0. The maximum absolute atomic E-state index is 9.62. The van der Waals surface area contributed by atoms with Gasteiger partial charge in [0.05, 0.1) is 18.2 Å². The third-order valence-electron chi connectivity index (χ3n) is 4.16. The van der Waals surface area contributed by atoms with Gasteiger partial charge in [-0.15, -0.1) is 0 Å². The summed E-state index contributed by atoms with van der Waals surface area (Å²) in [7, 11) is 1.87. The van der Waals surface area contributed by atoms with Crippen molar-refractivity contribution in [2.24, 2.45) is 12.5 Å². The molecule has 19 heavy (non-hydrogen) atoms. The second-order valence-corrected chi connectivity index (χ2v) is 5.45. The lowest BCUT2D eigenvalue weighted by Gasteiger charge is -2.26. The number of fused-ring (bicyclic) bond motifs is 1. The van der Waals surface area contributed by atoms with Crippen LogP contribution in [0.15, 0.2) is 12.5 Å². The van der Waals surface area contributed by atoms with Crippen molar-refractivity contribution in [1.29, 1.82) is 0 Å². The Bertz CT molecular complexity index is 573. The second kappa shape index (κ2) is 4.77. The van der Waals surface area contributed by atoms with Gasteiger partial charge in [0.2, 0.25) is 0 Å². The fraction of sp³-hybridized carbons (Fsp3) is 0.615. The topological polar surface area (TPSA) is 75.9 Å². The van der Waals surface area contributed by atoms with Gasteiger partial charge in [0, 0.05) is 19.0 Å². The molecule has 3 rings (SSSR count). The number of hydrogen-bond donors (Lipinski definition) is 2. The number of aryl methyl sites for hydroxylation is 1. The summed E-state index contributed by atoms with van der Waals surface area (Å²) in [6.45, 7) is 0.992. The van der Waals surface area contributed by atoms with Gasteiger partial charge in [-0.25, -0.2) is 9.97 Å². The molecule has 6 nitrogen and oxygen atoms in total. The molecule has 0 aliphatic heterocycles. The predicted octanol–water partition coefficient (Wildman–Crippen LogP) is 1.33. The minimum absolute atomic E-state index is 0.0134. The zero-order valence-corrected chi connectivity index (χ0v) is 11.1. The Balaban J connectivity index is 1.82. The van der Waals surface area contributed by atoms with Gasteiger partial charge in [0.15, 0.2) is 5.65 Å². The van der Waals surface area contributed by atoms with Crippen molar-refractivity contribution < 1.29 is 5.11 Å². The average Bonchev–Trinajstić information content (AvgIpc) is 3.05. The summed E-state index contributed by atoms with van der Waals surface area (Å²) in [4.78, 5) is 8.51. The zero-order valence-electron chi connectivity index (χ0n) is 11.1. The van der Waals surface area contributed by atoms with E-state index in [1.54, 1.807) is 17.2 Å². The first-order chi connectivity index (χ1) is 9.24. The first kappa shape index (κ1) is 12.3. The molecule has 1 aliphatic rings. The third kappa shape index (κ3) is 2.16. The van der Waals surface area contributed by atoms with Crippen LogP contribution >= 0.6 is 0 Å². The molecule has 0 atom stereocenters. The van der Waals surface area contributed by atoms with Crippen molar-refractivity contribution in [3.63, 3.8) is 0 Å². The monoisotopic (exact) mass is 261 g/mol. The van der Waals surface area contributed by atoms with Gasteiger partial charge in [-0.05, 0) is 12.8 Å². The van der Waals surface area contributed by atoms with E-state index in [0.29, 0.717) is 0 Å². The third-order valence-corrected chi connectivity index (χ3v) is 4.16. The second-order valence-electron chi connectivity index (χ2n) is 5.45. The van der Waals surface area contributed by atoms with E-state index in [2.05, 4.69) is 20.4 Å². The molecule has 1 saturated carbocycles. The molecule has 0 bridgehead atoms. The Kier molecular flexibility index (Phi) is 3.10. The quantitative estimate of drug-likeness (QED) is 0.868. The maximum atomic E-state index is 9.62. The van der Waals surface area contributed by atoms with Crippen molar-refractivity contribution in [2.75, 3.05) is 18.5 Å². The minimum Gasteiger partial charge on any atom is -0.396 e. The lowest BCUT2D eigenvalue weighted by molar-refractivity contribution is 0.142. The van der Waals surface area contributed by atoms with Crippen LogP contribution in [0.5, 0.6) is 0 Å². The molecular formula is C13H19N5O. The highest BCUT2D eigenvalue weighted by Crippen LogP contribution is 2.37. The summed E-state index contributed by atoms with van der Waals surface area (Å²) in [5, 5.41) is 18.1. The molecule has 6 heteroatoms. The molecule has 0 aromatic carbocycles. The van der Waals surface area contributed by atoms with Crippen LogP contribution in [0.25, 0.3) is 11.0 Å². The van der Waals surface area contributed by atoms with E-state index in [9.17, 15) is 5.11 Å². The van der Waals surface area contributed by atoms with Crippen molar-refractivity contribution in [2.45, 2.75) is 25.7 Å². The smallest absolute Gasteiger partial charge is 0.163 e. The van der Waals surface area contributed by atoms with Crippen LogP contribution in [0.1, 0.15) is 25.7 Å². The summed E-state index contributed by atoms with van der Waals surface area (Å²) in [5.41, 5.74) is 0.835. The molecule has 2 N–H and O–H groups in total. The Morgan fingerprint density at radius 3 is 2.89 bits per heavy atom. The summed E-state index contributed by atoms with van der Waals surface area (Å²) in [6.07, 6.45) is 7.89. The Morgan fingerprint density at radius 2 is 2.16 bits per heavy atom. The Hall–Kier alpha value is -1.69. The molecule has 0 spiro atoms. The van der Waals surface area contributed by atoms with Gasteiger partial charge >= 0.3 is 0 Å². The van der Waals surface area contributed by atoms with Gasteiger partial charge < -0.3 is 10.4 Å². The van der Waals surface area contributed by atoms with Gasteiger partial charge in [0.25, 0.3) is 0 Å². The van der Waals surface area contributed by atoms with Crippen LogP contribution in [0.4, 0.5) is 5.82 Å². The summed E-state index contributed by atoms with van der Waals surface area (Å²) in [5.74, 6) is 0.804. The molecular weight excluding hydrogens is 242 g/mol. The Labute approximate surface area is 111 Å². The molecule has 1 fully saturated rings. The minimum atomic E-state index is 0.0134. The van der Waals surface area contributed by atoms with Crippen molar-refractivity contribution in [1.82, 2.24) is 19.7 Å². The van der Waals surface area contributed by atoms with E-state index in [-0.39, 0.29) is 12.0 Å². The fourth-order valence-corrected chi connectivity index (χ4v) is 2.89. The van der Waals surface area contributed by atoms with Crippen LogP contribution in [0.2, 0.25) is 0 Å². The SMILES string of the molecule is Cn1ncc2c(NCC3(CO)CCCC3)ncnc21. The molecule has 2 aromatic rings. The molecule has 0 radical (unpaired) electrons. The van der Waals surface area contributed by atoms with E-state index in [4.69, 9.17) is 0 Å². The van der Waals surface area contributed by atoms with E-state index in [1.807, 2.05) is 7.05 Å². The van der Waals surface area contributed by atoms with Gasteiger partial charge in [-0.1, -0.05) is 12.8 Å². The first-order valence-electron chi connectivity index (χ1n) is 6.72. The normalized spacial score (nSPS) is 18.0. The standard InChI is InChI=1S/C13H19N5O/c1-18-12-10(6-17-18)11(15-9-16-12)14-7-13(8-19)4-2-3-5-13/h6,9,19H,2-5,7-8H2,1H3,(H,14,15,16). The number of aromatic nitrogens is 4. The van der Waals surface area contributed by atoms with Crippen LogP contribution in [-0.2, 0) is 7.05 Å². The molecule has 2 heterocycles. The molecule has 2 aromatic heterocycles. The number of rotatable bonds is 4. The van der Waals surface area contributed by atoms with Gasteiger partial charge in [-0.3, -0.25) is 4.68 Å². The van der Waals surface area contributed by atoms with E-state index in [0.717, 1.165) is 36.2 Å². The fourth-order valence-electron chi connectivity index (χ4n) is 2.89. The van der Waals surface area contributed by atoms with Crippen molar-refractivity contribution in [3.05, 3.63) is 12.5 Å². The maximum Gasteiger partial charge on any atom is 0.163 e. The van der Waals surface area contributed by atoms with E-state index >= 15 is 0 Å². The van der Waals surface area contributed by atoms with Crippen LogP contribution in [0, 0.1) is 5.41 Å². The van der Waals surface area contributed by atoms with Gasteiger partial charge in [-0.2, -0.15) is 5.10 Å². The van der Waals surface area contributed by atoms with Crippen molar-refractivity contribution in [3.8, 4) is 0 Å². The molecule has 0 unspecified atom stereocenters.